The van der Waals surface area contributed by atoms with Crippen LogP contribution in [0.1, 0.15) is 43.1 Å². The molecule has 0 aliphatic carbocycles. The van der Waals surface area contributed by atoms with Crippen LogP contribution in [-0.4, -0.2) is 43.1 Å². The number of nitrogens with one attached hydrogen (secondary N) is 2. The van der Waals surface area contributed by atoms with Gasteiger partial charge in [0.1, 0.15) is 5.76 Å². The molecule has 2 heterocycles. The Hall–Kier alpha value is -2.27. The average Bonchev–Trinajstić information content (AvgIpc) is 3.22. The predicted octanol–water partition coefficient (Wildman–Crippen LogP) is 3.74. The van der Waals surface area contributed by atoms with E-state index in [9.17, 15) is 0 Å². The van der Waals surface area contributed by atoms with Crippen LogP contribution in [0.15, 0.2) is 52.1 Å². The Balaban J connectivity index is 1.44. The third-order valence-corrected chi connectivity index (χ3v) is 5.32. The molecule has 1 fully saturated rings. The smallest absolute Gasteiger partial charge is 0.191 e. The van der Waals surface area contributed by atoms with Gasteiger partial charge in [0.15, 0.2) is 5.96 Å². The molecule has 5 heteroatoms. The number of hydrogen-bond acceptors (Lipinski definition) is 3. The summed E-state index contributed by atoms with van der Waals surface area (Å²) < 4.78 is 5.41. The number of aryl methyl sites for hydroxylation is 1. The molecule has 1 aliphatic rings. The van der Waals surface area contributed by atoms with E-state index in [0.29, 0.717) is 6.04 Å². The largest absolute Gasteiger partial charge is 0.469 e. The van der Waals surface area contributed by atoms with Crippen molar-refractivity contribution in [2.24, 2.45) is 4.99 Å². The topological polar surface area (TPSA) is 52.8 Å². The molecule has 152 valence electrons. The minimum absolute atomic E-state index is 0.486. The fourth-order valence-corrected chi connectivity index (χ4v) is 3.59. The quantitative estimate of drug-likeness (QED) is 0.539. The number of benzene rings is 1. The molecule has 1 aromatic carbocycles. The predicted molar refractivity (Wildman–Crippen MR) is 116 cm³/mol. The normalized spacial score (nSPS) is 16.3. The Morgan fingerprint density at radius 2 is 2.00 bits per heavy atom. The van der Waals surface area contributed by atoms with Crippen molar-refractivity contribution < 1.29 is 4.42 Å². The van der Waals surface area contributed by atoms with Gasteiger partial charge >= 0.3 is 0 Å². The summed E-state index contributed by atoms with van der Waals surface area (Å²) in [5.41, 5.74) is 2.83. The van der Waals surface area contributed by atoms with Crippen LogP contribution < -0.4 is 10.6 Å². The van der Waals surface area contributed by atoms with Crippen molar-refractivity contribution >= 4 is 5.96 Å². The highest BCUT2D eigenvalue weighted by Gasteiger charge is 2.20. The third kappa shape index (κ3) is 6.41. The highest BCUT2D eigenvalue weighted by molar-refractivity contribution is 5.80. The van der Waals surface area contributed by atoms with E-state index in [-0.39, 0.29) is 0 Å². The highest BCUT2D eigenvalue weighted by Crippen LogP contribution is 2.16. The maximum absolute atomic E-state index is 5.41. The van der Waals surface area contributed by atoms with Gasteiger partial charge < -0.3 is 15.1 Å². The summed E-state index contributed by atoms with van der Waals surface area (Å²) in [5.74, 6) is 1.94. The molecule has 5 nitrogen and oxygen atoms in total. The van der Waals surface area contributed by atoms with Gasteiger partial charge in [-0.15, -0.1) is 0 Å². The molecular formula is C23H34N4O. The number of nitrogens with zero attached hydrogens (tertiary/aromatic N) is 2. The minimum Gasteiger partial charge on any atom is -0.469 e. The van der Waals surface area contributed by atoms with Crippen LogP contribution in [-0.2, 0) is 13.0 Å². The van der Waals surface area contributed by atoms with Crippen LogP contribution in [0.5, 0.6) is 0 Å². The molecular weight excluding hydrogens is 348 g/mol. The summed E-state index contributed by atoms with van der Waals surface area (Å²) in [4.78, 5) is 7.27. The van der Waals surface area contributed by atoms with Gasteiger partial charge in [-0.05, 0) is 49.4 Å². The number of aliphatic imine (C=N–C) groups is 1. The molecule has 0 spiro atoms. The summed E-state index contributed by atoms with van der Waals surface area (Å²) in [6, 6.07) is 13.1. The Bertz CT molecular complexity index is 718. The summed E-state index contributed by atoms with van der Waals surface area (Å²) in [7, 11) is 0. The van der Waals surface area contributed by atoms with E-state index >= 15 is 0 Å². The van der Waals surface area contributed by atoms with Crippen molar-refractivity contribution in [2.45, 2.75) is 52.1 Å². The number of rotatable bonds is 8. The van der Waals surface area contributed by atoms with Crippen LogP contribution >= 0.6 is 0 Å². The maximum Gasteiger partial charge on any atom is 0.191 e. The molecule has 0 radical (unpaired) electrons. The second kappa shape index (κ2) is 10.9. The van der Waals surface area contributed by atoms with E-state index < -0.39 is 0 Å². The first-order valence-corrected chi connectivity index (χ1v) is 10.6. The second-order valence-corrected chi connectivity index (χ2v) is 7.61. The Kier molecular flexibility index (Phi) is 7.97. The Labute approximate surface area is 169 Å². The molecule has 2 aromatic rings. The van der Waals surface area contributed by atoms with Crippen LogP contribution in [0.3, 0.4) is 0 Å². The van der Waals surface area contributed by atoms with Gasteiger partial charge in [0.25, 0.3) is 0 Å². The lowest BCUT2D eigenvalue weighted by Crippen LogP contribution is -2.49. The first kappa shape index (κ1) is 20.5. The number of guanidine groups is 1. The van der Waals surface area contributed by atoms with Gasteiger partial charge in [-0.1, -0.05) is 31.2 Å². The lowest BCUT2D eigenvalue weighted by atomic mass is 10.0. The fourth-order valence-electron chi connectivity index (χ4n) is 3.59. The van der Waals surface area contributed by atoms with Gasteiger partial charge in [-0.25, -0.2) is 0 Å². The molecule has 0 unspecified atom stereocenters. The Morgan fingerprint density at radius 3 is 2.71 bits per heavy atom. The van der Waals surface area contributed by atoms with Crippen molar-refractivity contribution in [3.63, 3.8) is 0 Å². The molecule has 1 aromatic heterocycles. The van der Waals surface area contributed by atoms with E-state index in [0.717, 1.165) is 70.1 Å². The first-order chi connectivity index (χ1) is 13.7. The van der Waals surface area contributed by atoms with Gasteiger partial charge in [0, 0.05) is 45.2 Å². The van der Waals surface area contributed by atoms with Crippen LogP contribution in [0, 0.1) is 6.92 Å². The lowest BCUT2D eigenvalue weighted by molar-refractivity contribution is 0.198. The van der Waals surface area contributed by atoms with Crippen LogP contribution in [0.25, 0.3) is 0 Å². The third-order valence-electron chi connectivity index (χ3n) is 5.32. The van der Waals surface area contributed by atoms with Gasteiger partial charge in [-0.3, -0.25) is 9.89 Å². The SMILES string of the molecule is CCCN=C(NCCc1ccco1)NC1CCN(Cc2ccccc2C)CC1. The van der Waals surface area contributed by atoms with Gasteiger partial charge in [0.05, 0.1) is 6.26 Å². The van der Waals surface area contributed by atoms with Gasteiger partial charge in [0.2, 0.25) is 0 Å². The molecule has 0 bridgehead atoms. The summed E-state index contributed by atoms with van der Waals surface area (Å²) >= 11 is 0. The maximum atomic E-state index is 5.41. The molecule has 28 heavy (non-hydrogen) atoms. The zero-order valence-corrected chi connectivity index (χ0v) is 17.3. The standard InChI is InChI=1S/C23H34N4O/c1-3-13-24-23(25-14-10-22-9-6-17-28-22)26-21-11-15-27(16-12-21)18-20-8-5-4-7-19(20)2/h4-9,17,21H,3,10-16,18H2,1-2H3,(H2,24,25,26). The van der Waals surface area contributed by atoms with E-state index in [2.05, 4.69) is 53.6 Å². The van der Waals surface area contributed by atoms with Crippen molar-refractivity contribution in [2.75, 3.05) is 26.2 Å². The summed E-state index contributed by atoms with van der Waals surface area (Å²) in [6.07, 6.45) is 5.95. The van der Waals surface area contributed by atoms with Gasteiger partial charge in [-0.2, -0.15) is 0 Å². The summed E-state index contributed by atoms with van der Waals surface area (Å²) in [6.45, 7) is 9.34. The number of hydrogen-bond donors (Lipinski definition) is 2. The number of likely N-dealkylation sites (tertiary alicyclic amines) is 1. The average molecular weight is 383 g/mol. The number of furan rings is 1. The molecule has 0 atom stereocenters. The van der Waals surface area contributed by atoms with Crippen molar-refractivity contribution in [3.8, 4) is 0 Å². The fraction of sp³-hybridized carbons (Fsp3) is 0.522. The minimum atomic E-state index is 0.486. The van der Waals surface area contributed by atoms with Crippen molar-refractivity contribution in [3.05, 3.63) is 59.5 Å². The zero-order valence-electron chi connectivity index (χ0n) is 17.3. The molecule has 0 amide bonds. The zero-order chi connectivity index (χ0) is 19.6. The Morgan fingerprint density at radius 1 is 1.18 bits per heavy atom. The second-order valence-electron chi connectivity index (χ2n) is 7.61. The molecule has 2 N–H and O–H groups in total. The summed E-state index contributed by atoms with van der Waals surface area (Å²) in [5, 5.41) is 7.11. The van der Waals surface area contributed by atoms with E-state index in [1.165, 1.54) is 11.1 Å². The van der Waals surface area contributed by atoms with Crippen LogP contribution in [0.2, 0.25) is 0 Å². The molecule has 1 aliphatic heterocycles. The molecule has 3 rings (SSSR count). The first-order valence-electron chi connectivity index (χ1n) is 10.6. The van der Waals surface area contributed by atoms with Crippen molar-refractivity contribution in [1.29, 1.82) is 0 Å². The monoisotopic (exact) mass is 382 g/mol. The highest BCUT2D eigenvalue weighted by atomic mass is 16.3. The molecule has 0 saturated carbocycles. The van der Waals surface area contributed by atoms with Crippen molar-refractivity contribution in [1.82, 2.24) is 15.5 Å². The van der Waals surface area contributed by atoms with E-state index in [4.69, 9.17) is 9.41 Å². The van der Waals surface area contributed by atoms with Crippen LogP contribution in [0.4, 0.5) is 0 Å². The van der Waals surface area contributed by atoms with E-state index in [1.807, 2.05) is 12.1 Å². The number of piperidine rings is 1. The van der Waals surface area contributed by atoms with E-state index in [1.54, 1.807) is 6.26 Å². The molecule has 1 saturated heterocycles. The lowest BCUT2D eigenvalue weighted by Gasteiger charge is -2.33.